The van der Waals surface area contributed by atoms with Gasteiger partial charge in [-0.2, -0.15) is 0 Å². The van der Waals surface area contributed by atoms with E-state index >= 15 is 0 Å². The molecule has 5 heteroatoms. The second-order valence-electron chi connectivity index (χ2n) is 6.73. The molecule has 3 aromatic rings. The van der Waals surface area contributed by atoms with E-state index in [1.165, 1.54) is 5.56 Å². The lowest BCUT2D eigenvalue weighted by molar-refractivity contribution is 0.269. The van der Waals surface area contributed by atoms with Crippen LogP contribution in [-0.2, 0) is 6.61 Å². The maximum atomic E-state index is 6.51. The maximum absolute atomic E-state index is 6.51. The van der Waals surface area contributed by atoms with Crippen molar-refractivity contribution in [3.63, 3.8) is 0 Å². The number of hydrogen-bond acceptors (Lipinski definition) is 3. The van der Waals surface area contributed by atoms with Crippen molar-refractivity contribution in [2.45, 2.75) is 27.4 Å². The Morgan fingerprint density at radius 1 is 0.931 bits per heavy atom. The summed E-state index contributed by atoms with van der Waals surface area (Å²) >= 11 is 12.4. The molecule has 0 aliphatic carbocycles. The lowest BCUT2D eigenvalue weighted by Gasteiger charge is -2.14. The number of hydrogen-bond donors (Lipinski definition) is 0. The largest absolute Gasteiger partial charge is 0.490 e. The average Bonchev–Trinajstić information content (AvgIpc) is 2.69. The summed E-state index contributed by atoms with van der Waals surface area (Å²) in [6, 6.07) is 17.4. The highest BCUT2D eigenvalue weighted by Crippen LogP contribution is 2.37. The second-order valence-corrected chi connectivity index (χ2v) is 7.57. The summed E-state index contributed by atoms with van der Waals surface area (Å²) in [4.78, 5) is 4.62. The first-order valence-corrected chi connectivity index (χ1v) is 10.2. The Kier molecular flexibility index (Phi) is 7.18. The van der Waals surface area contributed by atoms with Gasteiger partial charge < -0.3 is 9.47 Å². The first-order valence-electron chi connectivity index (χ1n) is 9.41. The molecule has 0 amide bonds. The molecule has 0 saturated heterocycles. The Labute approximate surface area is 181 Å². The van der Waals surface area contributed by atoms with Crippen LogP contribution in [0.15, 0.2) is 59.6 Å². The standard InChI is InChI=1S/C24H23Cl2NO2/c1-4-28-23-13-19(14-27-22-11-16(2)5-6-17(22)3)12-21(26)24(23)29-15-18-7-9-20(25)10-8-18/h5-14H,4,15H2,1-3H3. The van der Waals surface area contributed by atoms with Gasteiger partial charge in [-0.25, -0.2) is 0 Å². The van der Waals surface area contributed by atoms with Gasteiger partial charge in [0.2, 0.25) is 0 Å². The molecule has 0 saturated carbocycles. The smallest absolute Gasteiger partial charge is 0.180 e. The van der Waals surface area contributed by atoms with Crippen molar-refractivity contribution in [2.24, 2.45) is 4.99 Å². The number of ether oxygens (including phenoxy) is 2. The highest BCUT2D eigenvalue weighted by Gasteiger charge is 2.13. The molecule has 0 bridgehead atoms. The zero-order valence-corrected chi connectivity index (χ0v) is 18.2. The van der Waals surface area contributed by atoms with Gasteiger partial charge in [-0.3, -0.25) is 4.99 Å². The van der Waals surface area contributed by atoms with E-state index in [-0.39, 0.29) is 0 Å². The van der Waals surface area contributed by atoms with E-state index in [1.807, 2.05) is 50.2 Å². The van der Waals surface area contributed by atoms with Crippen molar-refractivity contribution in [3.8, 4) is 11.5 Å². The molecule has 0 aliphatic rings. The minimum absolute atomic E-state index is 0.368. The summed E-state index contributed by atoms with van der Waals surface area (Å²) in [6.45, 7) is 6.89. The zero-order chi connectivity index (χ0) is 20.8. The summed E-state index contributed by atoms with van der Waals surface area (Å²) < 4.78 is 11.7. The van der Waals surface area contributed by atoms with E-state index in [0.717, 1.165) is 22.4 Å². The third kappa shape index (κ3) is 5.75. The van der Waals surface area contributed by atoms with Crippen molar-refractivity contribution < 1.29 is 9.47 Å². The van der Waals surface area contributed by atoms with Crippen molar-refractivity contribution >= 4 is 35.1 Å². The van der Waals surface area contributed by atoms with Crippen LogP contribution in [0.2, 0.25) is 10.0 Å². The lowest BCUT2D eigenvalue weighted by Crippen LogP contribution is -2.01. The Balaban J connectivity index is 1.84. The Morgan fingerprint density at radius 2 is 1.69 bits per heavy atom. The van der Waals surface area contributed by atoms with E-state index < -0.39 is 0 Å². The molecular weight excluding hydrogens is 405 g/mol. The minimum atomic E-state index is 0.368. The molecule has 3 aromatic carbocycles. The number of nitrogens with zero attached hydrogens (tertiary/aromatic N) is 1. The van der Waals surface area contributed by atoms with E-state index in [1.54, 1.807) is 6.21 Å². The topological polar surface area (TPSA) is 30.8 Å². The Morgan fingerprint density at radius 3 is 2.41 bits per heavy atom. The first kappa shape index (κ1) is 21.2. The molecule has 150 valence electrons. The summed E-state index contributed by atoms with van der Waals surface area (Å²) in [5.74, 6) is 1.11. The first-order chi connectivity index (χ1) is 14.0. The molecule has 3 rings (SSSR count). The minimum Gasteiger partial charge on any atom is -0.490 e. The molecular formula is C24H23Cl2NO2. The molecule has 0 spiro atoms. The van der Waals surface area contributed by atoms with Crippen LogP contribution >= 0.6 is 23.2 Å². The highest BCUT2D eigenvalue weighted by molar-refractivity contribution is 6.32. The summed E-state index contributed by atoms with van der Waals surface area (Å²) in [5, 5.41) is 1.17. The Bertz CT molecular complexity index is 1010. The van der Waals surface area contributed by atoms with Crippen LogP contribution in [0, 0.1) is 13.8 Å². The van der Waals surface area contributed by atoms with Gasteiger partial charge in [0.25, 0.3) is 0 Å². The highest BCUT2D eigenvalue weighted by atomic mass is 35.5. The monoisotopic (exact) mass is 427 g/mol. The molecule has 0 fully saturated rings. The quantitative estimate of drug-likeness (QED) is 0.369. The third-order valence-corrected chi connectivity index (χ3v) is 4.88. The van der Waals surface area contributed by atoms with Crippen LogP contribution in [0.1, 0.15) is 29.2 Å². The van der Waals surface area contributed by atoms with E-state index in [4.69, 9.17) is 32.7 Å². The molecule has 0 N–H and O–H groups in total. The molecule has 0 heterocycles. The average molecular weight is 428 g/mol. The van der Waals surface area contributed by atoms with Crippen molar-refractivity contribution in [1.29, 1.82) is 0 Å². The summed E-state index contributed by atoms with van der Waals surface area (Å²) in [6.07, 6.45) is 1.79. The predicted molar refractivity (Wildman–Crippen MR) is 122 cm³/mol. The fourth-order valence-electron chi connectivity index (χ4n) is 2.80. The predicted octanol–water partition coefficient (Wildman–Crippen LogP) is 7.34. The number of rotatable bonds is 7. The van der Waals surface area contributed by atoms with Crippen molar-refractivity contribution in [1.82, 2.24) is 0 Å². The van der Waals surface area contributed by atoms with Crippen LogP contribution in [-0.4, -0.2) is 12.8 Å². The molecule has 0 aromatic heterocycles. The SMILES string of the molecule is CCOc1cc(C=Nc2cc(C)ccc2C)cc(Cl)c1OCc1ccc(Cl)cc1. The lowest BCUT2D eigenvalue weighted by atomic mass is 10.1. The van der Waals surface area contributed by atoms with Crippen molar-refractivity contribution in [3.05, 3.63) is 86.9 Å². The molecule has 0 radical (unpaired) electrons. The van der Waals surface area contributed by atoms with Crippen LogP contribution in [0.3, 0.4) is 0 Å². The van der Waals surface area contributed by atoms with Gasteiger partial charge in [-0.05, 0) is 73.4 Å². The van der Waals surface area contributed by atoms with Gasteiger partial charge in [0.1, 0.15) is 6.61 Å². The van der Waals surface area contributed by atoms with Crippen LogP contribution in [0.4, 0.5) is 5.69 Å². The second kappa shape index (κ2) is 9.82. The third-order valence-electron chi connectivity index (χ3n) is 4.35. The maximum Gasteiger partial charge on any atom is 0.180 e. The molecule has 3 nitrogen and oxygen atoms in total. The molecule has 0 atom stereocenters. The molecule has 29 heavy (non-hydrogen) atoms. The van der Waals surface area contributed by atoms with Gasteiger partial charge in [-0.1, -0.05) is 47.5 Å². The van der Waals surface area contributed by atoms with E-state index in [2.05, 4.69) is 30.1 Å². The summed E-state index contributed by atoms with van der Waals surface area (Å²) in [7, 11) is 0. The normalized spacial score (nSPS) is 11.1. The molecule has 0 unspecified atom stereocenters. The zero-order valence-electron chi connectivity index (χ0n) is 16.7. The van der Waals surface area contributed by atoms with Crippen LogP contribution in [0.5, 0.6) is 11.5 Å². The van der Waals surface area contributed by atoms with Gasteiger partial charge in [0.15, 0.2) is 11.5 Å². The van der Waals surface area contributed by atoms with Gasteiger partial charge in [0.05, 0.1) is 17.3 Å². The van der Waals surface area contributed by atoms with E-state index in [9.17, 15) is 0 Å². The summed E-state index contributed by atoms with van der Waals surface area (Å²) in [5.41, 5.74) is 5.06. The van der Waals surface area contributed by atoms with Gasteiger partial charge >= 0.3 is 0 Å². The van der Waals surface area contributed by atoms with Crippen LogP contribution in [0.25, 0.3) is 0 Å². The van der Waals surface area contributed by atoms with Gasteiger partial charge in [0, 0.05) is 11.2 Å². The fourth-order valence-corrected chi connectivity index (χ4v) is 3.20. The fraction of sp³-hybridized carbons (Fsp3) is 0.208. The number of benzene rings is 3. The van der Waals surface area contributed by atoms with E-state index in [0.29, 0.717) is 34.8 Å². The van der Waals surface area contributed by atoms with Crippen molar-refractivity contribution in [2.75, 3.05) is 6.61 Å². The van der Waals surface area contributed by atoms with Crippen LogP contribution < -0.4 is 9.47 Å². The van der Waals surface area contributed by atoms with Gasteiger partial charge in [-0.15, -0.1) is 0 Å². The number of aliphatic imine (C=N–C) groups is 1. The molecule has 0 aliphatic heterocycles. The number of halogens is 2. The number of aryl methyl sites for hydroxylation is 2. The Hall–Kier alpha value is -2.49.